The van der Waals surface area contributed by atoms with Crippen molar-refractivity contribution in [3.63, 3.8) is 0 Å². The van der Waals surface area contributed by atoms with Gasteiger partial charge >= 0.3 is 0 Å². The maximum atomic E-state index is 2.48. The lowest BCUT2D eigenvalue weighted by atomic mass is 9.73. The monoisotopic (exact) mass is 210 g/mol. The Bertz CT molecular complexity index is 216. The van der Waals surface area contributed by atoms with Gasteiger partial charge in [0.1, 0.15) is 0 Å². The van der Waals surface area contributed by atoms with Crippen LogP contribution in [0.2, 0.25) is 0 Å². The predicted molar refractivity (Wildman–Crippen MR) is 68.9 cm³/mol. The average Bonchev–Trinajstić information content (AvgIpc) is 2.69. The van der Waals surface area contributed by atoms with Gasteiger partial charge in [-0.1, -0.05) is 61.3 Å². The smallest absolute Gasteiger partial charge is 0.0269 e. The fourth-order valence-corrected chi connectivity index (χ4v) is 3.22. The maximum Gasteiger partial charge on any atom is -0.0269 e. The Kier molecular flexibility index (Phi) is 3.58. The molecule has 0 aromatic heterocycles. The summed E-state index contributed by atoms with van der Waals surface area (Å²) in [5.41, 5.74) is 1.19. The van der Waals surface area contributed by atoms with E-state index in [1.165, 1.54) is 19.3 Å². The first-order valence-electron chi connectivity index (χ1n) is 6.79. The van der Waals surface area contributed by atoms with Crippen LogP contribution in [0.5, 0.6) is 0 Å². The largest absolute Gasteiger partial charge is 0.0651 e. The van der Waals surface area contributed by atoms with Crippen molar-refractivity contribution in [3.05, 3.63) is 0 Å². The zero-order valence-corrected chi connectivity index (χ0v) is 11.9. The van der Waals surface area contributed by atoms with E-state index in [2.05, 4.69) is 48.5 Å². The Morgan fingerprint density at radius 3 is 2.13 bits per heavy atom. The Morgan fingerprint density at radius 2 is 1.80 bits per heavy atom. The minimum Gasteiger partial charge on any atom is -0.0651 e. The zero-order valence-electron chi connectivity index (χ0n) is 11.9. The van der Waals surface area contributed by atoms with E-state index in [0.29, 0.717) is 10.8 Å². The van der Waals surface area contributed by atoms with Crippen LogP contribution in [0.15, 0.2) is 0 Å². The molecule has 4 atom stereocenters. The van der Waals surface area contributed by atoms with Crippen LogP contribution in [0.25, 0.3) is 0 Å². The van der Waals surface area contributed by atoms with Crippen LogP contribution in [0, 0.1) is 28.6 Å². The molecule has 0 aliphatic heterocycles. The van der Waals surface area contributed by atoms with Crippen molar-refractivity contribution in [3.8, 4) is 0 Å². The lowest BCUT2D eigenvalue weighted by Gasteiger charge is -2.32. The summed E-state index contributed by atoms with van der Waals surface area (Å²) in [4.78, 5) is 0. The summed E-state index contributed by atoms with van der Waals surface area (Å²) in [6.45, 7) is 16.9. The molecule has 1 aliphatic rings. The molecule has 0 bridgehead atoms. The van der Waals surface area contributed by atoms with Gasteiger partial charge in [-0.3, -0.25) is 0 Å². The molecular formula is C15H30. The summed E-state index contributed by atoms with van der Waals surface area (Å²) in [7, 11) is 0. The molecule has 0 amide bonds. The lowest BCUT2D eigenvalue weighted by Crippen LogP contribution is -2.22. The van der Waals surface area contributed by atoms with Crippen molar-refractivity contribution in [2.45, 2.75) is 67.7 Å². The highest BCUT2D eigenvalue weighted by atomic mass is 14.6. The number of rotatable bonds is 5. The summed E-state index contributed by atoms with van der Waals surface area (Å²) in [6, 6.07) is 0. The number of hydrogen-bond acceptors (Lipinski definition) is 0. The molecule has 1 aliphatic carbocycles. The first kappa shape index (κ1) is 13.1. The van der Waals surface area contributed by atoms with Gasteiger partial charge in [0.15, 0.2) is 0 Å². The van der Waals surface area contributed by atoms with Crippen LogP contribution >= 0.6 is 0 Å². The van der Waals surface area contributed by atoms with E-state index in [0.717, 1.165) is 17.8 Å². The first-order chi connectivity index (χ1) is 6.79. The van der Waals surface area contributed by atoms with Crippen LogP contribution < -0.4 is 0 Å². The molecule has 1 rings (SSSR count). The molecule has 1 saturated carbocycles. The molecule has 0 aromatic rings. The van der Waals surface area contributed by atoms with E-state index in [4.69, 9.17) is 0 Å². The highest BCUT2D eigenvalue weighted by Gasteiger charge is 2.57. The molecule has 90 valence electrons. The van der Waals surface area contributed by atoms with E-state index in [1.807, 2.05) is 0 Å². The fourth-order valence-electron chi connectivity index (χ4n) is 3.22. The Hall–Kier alpha value is 0. The Balaban J connectivity index is 2.57. The minimum atomic E-state index is 0.528. The number of hydrogen-bond donors (Lipinski definition) is 0. The van der Waals surface area contributed by atoms with Gasteiger partial charge in [-0.05, 0) is 35.0 Å². The molecule has 15 heavy (non-hydrogen) atoms. The Morgan fingerprint density at radius 1 is 1.27 bits per heavy atom. The van der Waals surface area contributed by atoms with E-state index in [-0.39, 0.29) is 0 Å². The second-order valence-corrected chi connectivity index (χ2v) is 6.76. The normalized spacial score (nSPS) is 37.8. The van der Waals surface area contributed by atoms with Crippen molar-refractivity contribution < 1.29 is 0 Å². The van der Waals surface area contributed by atoms with Gasteiger partial charge in [-0.25, -0.2) is 0 Å². The van der Waals surface area contributed by atoms with Crippen molar-refractivity contribution in [1.82, 2.24) is 0 Å². The highest BCUT2D eigenvalue weighted by Crippen LogP contribution is 2.64. The van der Waals surface area contributed by atoms with Gasteiger partial charge in [0.2, 0.25) is 0 Å². The van der Waals surface area contributed by atoms with Crippen LogP contribution in [-0.4, -0.2) is 0 Å². The molecule has 0 saturated heterocycles. The topological polar surface area (TPSA) is 0 Å². The maximum absolute atomic E-state index is 2.48. The Labute approximate surface area is 96.8 Å². The fraction of sp³-hybridized carbons (Fsp3) is 1.00. The molecule has 0 radical (unpaired) electrons. The average molecular weight is 210 g/mol. The van der Waals surface area contributed by atoms with E-state index < -0.39 is 0 Å². The molecule has 0 heteroatoms. The lowest BCUT2D eigenvalue weighted by molar-refractivity contribution is 0.183. The van der Waals surface area contributed by atoms with Crippen LogP contribution in [0.4, 0.5) is 0 Å². The summed E-state index contributed by atoms with van der Waals surface area (Å²) >= 11 is 0. The molecule has 0 nitrogen and oxygen atoms in total. The van der Waals surface area contributed by atoms with E-state index in [9.17, 15) is 0 Å². The third-order valence-electron chi connectivity index (χ3n) is 5.84. The van der Waals surface area contributed by atoms with Gasteiger partial charge < -0.3 is 0 Å². The van der Waals surface area contributed by atoms with Crippen molar-refractivity contribution in [2.24, 2.45) is 28.6 Å². The van der Waals surface area contributed by atoms with E-state index >= 15 is 0 Å². The quantitative estimate of drug-likeness (QED) is 0.590. The first-order valence-corrected chi connectivity index (χ1v) is 6.79. The van der Waals surface area contributed by atoms with Gasteiger partial charge in [0, 0.05) is 0 Å². The molecule has 0 heterocycles. The highest BCUT2D eigenvalue weighted by molar-refractivity contribution is 5.06. The molecule has 0 spiro atoms. The van der Waals surface area contributed by atoms with Crippen LogP contribution in [0.1, 0.15) is 67.7 Å². The van der Waals surface area contributed by atoms with Crippen molar-refractivity contribution >= 4 is 0 Å². The van der Waals surface area contributed by atoms with Gasteiger partial charge in [0.05, 0.1) is 0 Å². The van der Waals surface area contributed by atoms with Gasteiger partial charge in [0.25, 0.3) is 0 Å². The van der Waals surface area contributed by atoms with Crippen LogP contribution in [-0.2, 0) is 0 Å². The third kappa shape index (κ3) is 2.24. The van der Waals surface area contributed by atoms with E-state index in [1.54, 1.807) is 0 Å². The third-order valence-corrected chi connectivity index (χ3v) is 5.84. The van der Waals surface area contributed by atoms with Gasteiger partial charge in [-0.15, -0.1) is 0 Å². The van der Waals surface area contributed by atoms with Crippen molar-refractivity contribution in [1.29, 1.82) is 0 Å². The standard InChI is InChI=1S/C15H30/c1-8-11(3)14(5,6)10-13-12(4)15(13,7)9-2/h11-13H,8-10H2,1-7H3. The molecule has 0 aromatic carbocycles. The summed E-state index contributed by atoms with van der Waals surface area (Å²) in [5, 5.41) is 0. The van der Waals surface area contributed by atoms with Crippen molar-refractivity contribution in [2.75, 3.05) is 0 Å². The summed E-state index contributed by atoms with van der Waals surface area (Å²) < 4.78 is 0. The molecule has 1 fully saturated rings. The molecular weight excluding hydrogens is 180 g/mol. The second kappa shape index (κ2) is 4.11. The summed E-state index contributed by atoms with van der Waals surface area (Å²) in [6.07, 6.45) is 4.10. The summed E-state index contributed by atoms with van der Waals surface area (Å²) in [5.74, 6) is 2.78. The minimum absolute atomic E-state index is 0.528. The predicted octanol–water partition coefficient (Wildman–Crippen LogP) is 5.13. The molecule has 4 unspecified atom stereocenters. The zero-order chi connectivity index (χ0) is 11.9. The SMILES string of the molecule is CCC(C)C(C)(C)CC1C(C)C1(C)CC. The van der Waals surface area contributed by atoms with Crippen LogP contribution in [0.3, 0.4) is 0 Å². The second-order valence-electron chi connectivity index (χ2n) is 6.76. The molecule has 0 N–H and O–H groups in total. The van der Waals surface area contributed by atoms with Gasteiger partial charge in [-0.2, -0.15) is 0 Å².